The molecule has 30 heavy (non-hydrogen) atoms. The van der Waals surface area contributed by atoms with Gasteiger partial charge in [0, 0.05) is 11.5 Å². The van der Waals surface area contributed by atoms with Gasteiger partial charge in [-0.1, -0.05) is 30.3 Å². The van der Waals surface area contributed by atoms with Crippen molar-refractivity contribution in [3.8, 4) is 11.4 Å². The second kappa shape index (κ2) is 9.69. The molecule has 0 bridgehead atoms. The number of carbonyl (C=O) groups is 1. The number of amides is 1. The normalized spacial score (nSPS) is 14.2. The van der Waals surface area contributed by atoms with Gasteiger partial charge >= 0.3 is 5.63 Å². The minimum absolute atomic E-state index is 0. The summed E-state index contributed by atoms with van der Waals surface area (Å²) in [5.41, 5.74) is 0.935. The predicted molar refractivity (Wildman–Crippen MR) is 115 cm³/mol. The molecule has 1 saturated heterocycles. The zero-order valence-corrected chi connectivity index (χ0v) is 17.4. The molecule has 0 unspecified atom stereocenters. The van der Waals surface area contributed by atoms with Gasteiger partial charge < -0.3 is 15.1 Å². The summed E-state index contributed by atoms with van der Waals surface area (Å²) in [7, 11) is 0. The fourth-order valence-electron chi connectivity index (χ4n) is 3.56. The molecule has 0 atom stereocenters. The largest absolute Gasteiger partial charge is 0.427 e. The maximum Gasteiger partial charge on any atom is 0.349 e. The molecule has 0 saturated carbocycles. The number of H-pyrrole nitrogens is 1. The Bertz CT molecular complexity index is 1060. The van der Waals surface area contributed by atoms with Crippen LogP contribution in [0.25, 0.3) is 11.4 Å². The highest BCUT2D eigenvalue weighted by atomic mass is 35.5. The standard InChI is InChI=1S/C21H23N5O3.ClH/c1-13-11-16(14-7-9-22-10-8-14)29-21(28)18(13)20(27)23-12-17-24-19(26-25-17)15-5-3-2-4-6-15;/h2-6,11,14,22H,7-10,12H2,1H3,(H,23,27)(H,24,25,26);1H. The second-order valence-electron chi connectivity index (χ2n) is 7.17. The van der Waals surface area contributed by atoms with Gasteiger partial charge in [-0.2, -0.15) is 5.10 Å². The molecular formula is C21H24ClN5O3. The molecule has 0 spiro atoms. The molecule has 1 aliphatic rings. The lowest BCUT2D eigenvalue weighted by molar-refractivity contribution is 0.0944. The van der Waals surface area contributed by atoms with Crippen LogP contribution < -0.4 is 16.3 Å². The topological polar surface area (TPSA) is 113 Å². The number of benzene rings is 1. The number of aromatic amines is 1. The first kappa shape index (κ1) is 21.7. The van der Waals surface area contributed by atoms with Crippen molar-refractivity contribution >= 4 is 18.3 Å². The van der Waals surface area contributed by atoms with E-state index >= 15 is 0 Å². The quantitative estimate of drug-likeness (QED) is 0.574. The SMILES string of the molecule is Cc1cc(C2CCNCC2)oc(=O)c1C(=O)NCc1nc(-c2ccccc2)n[nH]1.Cl. The minimum Gasteiger partial charge on any atom is -0.427 e. The van der Waals surface area contributed by atoms with Crippen molar-refractivity contribution in [3.05, 3.63) is 69.5 Å². The van der Waals surface area contributed by atoms with Gasteiger partial charge in [0.2, 0.25) is 0 Å². The highest BCUT2D eigenvalue weighted by molar-refractivity contribution is 5.95. The summed E-state index contributed by atoms with van der Waals surface area (Å²) in [5, 5.41) is 13.0. The molecule has 9 heteroatoms. The zero-order valence-electron chi connectivity index (χ0n) is 16.6. The van der Waals surface area contributed by atoms with Gasteiger partial charge in [0.1, 0.15) is 17.1 Å². The first-order valence-electron chi connectivity index (χ1n) is 9.72. The number of aromatic nitrogens is 3. The minimum atomic E-state index is -0.599. The number of rotatable bonds is 5. The molecule has 0 radical (unpaired) electrons. The third-order valence-electron chi connectivity index (χ3n) is 5.12. The van der Waals surface area contributed by atoms with Crippen molar-refractivity contribution in [1.29, 1.82) is 0 Å². The van der Waals surface area contributed by atoms with Crippen molar-refractivity contribution < 1.29 is 9.21 Å². The summed E-state index contributed by atoms with van der Waals surface area (Å²) in [4.78, 5) is 29.4. The van der Waals surface area contributed by atoms with Crippen LogP contribution in [0.4, 0.5) is 0 Å². The Morgan fingerprint density at radius 3 is 2.67 bits per heavy atom. The Labute approximate surface area is 179 Å². The monoisotopic (exact) mass is 429 g/mol. The molecule has 2 aromatic heterocycles. The lowest BCUT2D eigenvalue weighted by Gasteiger charge is -2.21. The molecule has 3 aromatic rings. The van der Waals surface area contributed by atoms with Gasteiger partial charge in [0.25, 0.3) is 5.91 Å². The van der Waals surface area contributed by atoms with Gasteiger partial charge in [-0.3, -0.25) is 9.89 Å². The smallest absolute Gasteiger partial charge is 0.349 e. The number of piperidine rings is 1. The van der Waals surface area contributed by atoms with Crippen molar-refractivity contribution in [2.24, 2.45) is 0 Å². The molecule has 1 aliphatic heterocycles. The van der Waals surface area contributed by atoms with E-state index in [0.717, 1.165) is 31.5 Å². The van der Waals surface area contributed by atoms with Gasteiger partial charge in [-0.25, -0.2) is 9.78 Å². The summed E-state index contributed by atoms with van der Waals surface area (Å²) in [6.45, 7) is 3.70. The maximum atomic E-state index is 12.6. The summed E-state index contributed by atoms with van der Waals surface area (Å²) in [5.74, 6) is 1.45. The average Bonchev–Trinajstić information content (AvgIpc) is 3.22. The van der Waals surface area contributed by atoms with Crippen LogP contribution in [-0.2, 0) is 6.54 Å². The molecule has 4 rings (SSSR count). The van der Waals surface area contributed by atoms with Crippen LogP contribution in [0.15, 0.2) is 45.6 Å². The van der Waals surface area contributed by atoms with E-state index in [9.17, 15) is 9.59 Å². The lowest BCUT2D eigenvalue weighted by atomic mass is 9.94. The van der Waals surface area contributed by atoms with Crippen LogP contribution in [0.5, 0.6) is 0 Å². The molecule has 3 heterocycles. The number of nitrogens with one attached hydrogen (secondary N) is 3. The van der Waals surface area contributed by atoms with Gasteiger partial charge in [0.15, 0.2) is 5.82 Å². The van der Waals surface area contributed by atoms with E-state index in [1.165, 1.54) is 0 Å². The highest BCUT2D eigenvalue weighted by Gasteiger charge is 2.22. The van der Waals surface area contributed by atoms with Crippen LogP contribution in [0.3, 0.4) is 0 Å². The molecule has 1 aromatic carbocycles. The lowest BCUT2D eigenvalue weighted by Crippen LogP contribution is -2.31. The number of hydrogen-bond acceptors (Lipinski definition) is 6. The van der Waals surface area contributed by atoms with Crippen LogP contribution in [0.2, 0.25) is 0 Å². The average molecular weight is 430 g/mol. The third kappa shape index (κ3) is 4.77. The van der Waals surface area contributed by atoms with Crippen LogP contribution >= 0.6 is 12.4 Å². The second-order valence-corrected chi connectivity index (χ2v) is 7.17. The van der Waals surface area contributed by atoms with E-state index in [-0.39, 0.29) is 30.4 Å². The number of hydrogen-bond donors (Lipinski definition) is 3. The third-order valence-corrected chi connectivity index (χ3v) is 5.12. The molecule has 158 valence electrons. The fraction of sp³-hybridized carbons (Fsp3) is 0.333. The summed E-state index contributed by atoms with van der Waals surface area (Å²) in [6.07, 6.45) is 1.84. The zero-order chi connectivity index (χ0) is 20.2. The van der Waals surface area contributed by atoms with Gasteiger partial charge in [0.05, 0.1) is 6.54 Å². The van der Waals surface area contributed by atoms with E-state index in [1.54, 1.807) is 6.92 Å². The predicted octanol–water partition coefficient (Wildman–Crippen LogP) is 2.55. The van der Waals surface area contributed by atoms with E-state index in [1.807, 2.05) is 36.4 Å². The molecule has 1 fully saturated rings. The number of carbonyl (C=O) groups excluding carboxylic acids is 1. The van der Waals surface area contributed by atoms with Crippen molar-refractivity contribution in [1.82, 2.24) is 25.8 Å². The number of aryl methyl sites for hydroxylation is 1. The Kier molecular flexibility index (Phi) is 7.02. The van der Waals surface area contributed by atoms with Gasteiger partial charge in [-0.05, 0) is 44.5 Å². The Hall–Kier alpha value is -2.97. The van der Waals surface area contributed by atoms with E-state index in [2.05, 4.69) is 25.8 Å². The maximum absolute atomic E-state index is 12.6. The summed E-state index contributed by atoms with van der Waals surface area (Å²) in [6, 6.07) is 11.4. The number of nitrogens with zero attached hydrogens (tertiary/aromatic N) is 2. The fourth-order valence-corrected chi connectivity index (χ4v) is 3.56. The molecule has 0 aliphatic carbocycles. The first-order chi connectivity index (χ1) is 14.1. The number of halogens is 1. The van der Waals surface area contributed by atoms with Crippen LogP contribution in [-0.4, -0.2) is 34.2 Å². The molecular weight excluding hydrogens is 406 g/mol. The van der Waals surface area contributed by atoms with Crippen LogP contribution in [0, 0.1) is 6.92 Å². The van der Waals surface area contributed by atoms with Crippen molar-refractivity contribution in [2.75, 3.05) is 13.1 Å². The Balaban J connectivity index is 0.00000256. The Morgan fingerprint density at radius 2 is 1.97 bits per heavy atom. The summed E-state index contributed by atoms with van der Waals surface area (Å²) >= 11 is 0. The molecule has 8 nitrogen and oxygen atoms in total. The van der Waals surface area contributed by atoms with E-state index < -0.39 is 11.5 Å². The van der Waals surface area contributed by atoms with Crippen LogP contribution in [0.1, 0.15) is 46.3 Å². The van der Waals surface area contributed by atoms with E-state index in [4.69, 9.17) is 4.42 Å². The van der Waals surface area contributed by atoms with Crippen molar-refractivity contribution in [2.45, 2.75) is 32.2 Å². The van der Waals surface area contributed by atoms with Crippen molar-refractivity contribution in [3.63, 3.8) is 0 Å². The van der Waals surface area contributed by atoms with E-state index in [0.29, 0.717) is 23.0 Å². The first-order valence-corrected chi connectivity index (χ1v) is 9.72. The molecule has 3 N–H and O–H groups in total. The molecule has 1 amide bonds. The highest BCUT2D eigenvalue weighted by Crippen LogP contribution is 2.25. The summed E-state index contributed by atoms with van der Waals surface area (Å²) < 4.78 is 5.48. The van der Waals surface area contributed by atoms with Gasteiger partial charge in [-0.15, -0.1) is 12.4 Å². The Morgan fingerprint density at radius 1 is 1.23 bits per heavy atom.